The number of nitrogens with two attached hydrogens (primary N) is 2. The van der Waals surface area contributed by atoms with Crippen LogP contribution in [0.15, 0.2) is 11.4 Å². The predicted molar refractivity (Wildman–Crippen MR) is 79.0 cm³/mol. The number of piperidine rings is 1. The molecule has 0 aromatic carbocycles. The summed E-state index contributed by atoms with van der Waals surface area (Å²) in [6.45, 7) is 2.23. The van der Waals surface area contributed by atoms with Gasteiger partial charge in [0.25, 0.3) is 0 Å². The van der Waals surface area contributed by atoms with E-state index in [1.54, 1.807) is 11.3 Å². The second-order valence-corrected chi connectivity index (χ2v) is 6.04. The molecule has 0 aliphatic carbocycles. The second-order valence-electron chi connectivity index (χ2n) is 5.14. The minimum atomic E-state index is -0.219. The highest BCUT2D eigenvalue weighted by atomic mass is 32.1. The predicted octanol–water partition coefficient (Wildman–Crippen LogP) is 0.971. The Balaban J connectivity index is 1.77. The van der Waals surface area contributed by atoms with Crippen molar-refractivity contribution in [2.45, 2.75) is 19.4 Å². The van der Waals surface area contributed by atoms with Crippen LogP contribution in [0.4, 0.5) is 5.82 Å². The highest BCUT2D eigenvalue weighted by Gasteiger charge is 2.24. The number of primary amides is 1. The maximum Gasteiger partial charge on any atom is 0.221 e. The van der Waals surface area contributed by atoms with Crippen LogP contribution in [0.5, 0.6) is 0 Å². The van der Waals surface area contributed by atoms with E-state index in [4.69, 9.17) is 11.5 Å². The first-order chi connectivity index (χ1) is 9.63. The van der Waals surface area contributed by atoms with Crippen LogP contribution >= 0.6 is 11.3 Å². The smallest absolute Gasteiger partial charge is 0.221 e. The summed E-state index contributed by atoms with van der Waals surface area (Å²) in [5.74, 6) is 0.952. The van der Waals surface area contributed by atoms with Gasteiger partial charge < -0.3 is 11.5 Å². The summed E-state index contributed by atoms with van der Waals surface area (Å²) in [5, 5.41) is 2.87. The number of fused-ring (bicyclic) bond motifs is 1. The highest BCUT2D eigenvalue weighted by molar-refractivity contribution is 7.16. The van der Waals surface area contributed by atoms with E-state index in [2.05, 4.69) is 14.9 Å². The molecule has 0 saturated carbocycles. The Hall–Kier alpha value is -1.73. The number of anilines is 1. The Morgan fingerprint density at radius 1 is 1.50 bits per heavy atom. The third-order valence-electron chi connectivity index (χ3n) is 3.67. The SMILES string of the molecule is NC(=O)C1CCCN(Cc2nc(N)c3ccsc3n2)C1. The molecule has 2 aromatic heterocycles. The van der Waals surface area contributed by atoms with Crippen LogP contribution in [-0.2, 0) is 11.3 Å². The zero-order chi connectivity index (χ0) is 14.1. The minimum absolute atomic E-state index is 0.0634. The molecule has 0 bridgehead atoms. The van der Waals surface area contributed by atoms with Gasteiger partial charge in [0.15, 0.2) is 0 Å². The molecular weight excluding hydrogens is 274 g/mol. The largest absolute Gasteiger partial charge is 0.383 e. The molecule has 106 valence electrons. The standard InChI is InChI=1S/C13H17N5OS/c14-11-9-3-5-20-13(9)17-10(16-11)7-18-4-1-2-8(6-18)12(15)19/h3,5,8H,1-2,4,6-7H2,(H2,15,19)(H2,14,16,17). The number of thiophene rings is 1. The Labute approximate surface area is 120 Å². The number of rotatable bonds is 3. The fourth-order valence-corrected chi connectivity index (χ4v) is 3.42. The van der Waals surface area contributed by atoms with Crippen molar-refractivity contribution in [3.05, 3.63) is 17.3 Å². The maximum absolute atomic E-state index is 11.3. The van der Waals surface area contributed by atoms with E-state index in [1.807, 2.05) is 11.4 Å². The fraction of sp³-hybridized carbons (Fsp3) is 0.462. The third-order valence-corrected chi connectivity index (χ3v) is 4.48. The number of nitrogen functional groups attached to an aromatic ring is 1. The molecule has 4 N–H and O–H groups in total. The molecule has 1 aliphatic rings. The number of hydrogen-bond acceptors (Lipinski definition) is 6. The van der Waals surface area contributed by atoms with Crippen molar-refractivity contribution < 1.29 is 4.79 Å². The number of likely N-dealkylation sites (tertiary alicyclic amines) is 1. The summed E-state index contributed by atoms with van der Waals surface area (Å²) in [6.07, 6.45) is 1.85. The van der Waals surface area contributed by atoms with Crippen molar-refractivity contribution in [1.29, 1.82) is 0 Å². The van der Waals surface area contributed by atoms with Crippen LogP contribution in [0.2, 0.25) is 0 Å². The molecule has 1 atom stereocenters. The van der Waals surface area contributed by atoms with Gasteiger partial charge in [0.05, 0.1) is 17.8 Å². The molecule has 1 saturated heterocycles. The van der Waals surface area contributed by atoms with Crippen LogP contribution in [0.1, 0.15) is 18.7 Å². The van der Waals surface area contributed by atoms with E-state index < -0.39 is 0 Å². The average molecular weight is 291 g/mol. The average Bonchev–Trinajstić information content (AvgIpc) is 2.88. The summed E-state index contributed by atoms with van der Waals surface area (Å²) in [5.41, 5.74) is 11.3. The van der Waals surface area contributed by atoms with E-state index in [0.717, 1.165) is 29.6 Å². The van der Waals surface area contributed by atoms with Crippen molar-refractivity contribution >= 4 is 33.3 Å². The van der Waals surface area contributed by atoms with Gasteiger partial charge in [-0.3, -0.25) is 9.69 Å². The van der Waals surface area contributed by atoms with Gasteiger partial charge in [-0.25, -0.2) is 9.97 Å². The number of nitrogens with zero attached hydrogens (tertiary/aromatic N) is 3. The molecular formula is C13H17N5OS. The summed E-state index contributed by atoms with van der Waals surface area (Å²) in [6, 6.07) is 1.93. The zero-order valence-corrected chi connectivity index (χ0v) is 11.9. The molecule has 1 aliphatic heterocycles. The summed E-state index contributed by atoms with van der Waals surface area (Å²) in [4.78, 5) is 23.3. The van der Waals surface area contributed by atoms with Crippen molar-refractivity contribution in [2.75, 3.05) is 18.8 Å². The van der Waals surface area contributed by atoms with Crippen LogP contribution in [0.3, 0.4) is 0 Å². The van der Waals surface area contributed by atoms with E-state index in [1.165, 1.54) is 0 Å². The summed E-state index contributed by atoms with van der Waals surface area (Å²) in [7, 11) is 0. The van der Waals surface area contributed by atoms with Crippen molar-refractivity contribution in [2.24, 2.45) is 11.7 Å². The van der Waals surface area contributed by atoms with Gasteiger partial charge in [-0.1, -0.05) is 0 Å². The quantitative estimate of drug-likeness (QED) is 0.878. The van der Waals surface area contributed by atoms with Crippen molar-refractivity contribution in [1.82, 2.24) is 14.9 Å². The second kappa shape index (κ2) is 5.34. The molecule has 6 nitrogen and oxygen atoms in total. The Bertz CT molecular complexity index is 641. The Kier molecular flexibility index (Phi) is 3.54. The fourth-order valence-electron chi connectivity index (χ4n) is 2.63. The van der Waals surface area contributed by atoms with Gasteiger partial charge in [0, 0.05) is 6.54 Å². The molecule has 2 aromatic rings. The van der Waals surface area contributed by atoms with Crippen molar-refractivity contribution in [3.8, 4) is 0 Å². The molecule has 1 amide bonds. The molecule has 0 spiro atoms. The molecule has 3 rings (SSSR count). The summed E-state index contributed by atoms with van der Waals surface area (Å²) < 4.78 is 0. The first-order valence-corrected chi connectivity index (χ1v) is 7.52. The van der Waals surface area contributed by atoms with Gasteiger partial charge in [-0.05, 0) is 30.8 Å². The molecule has 3 heterocycles. The number of hydrogen-bond donors (Lipinski definition) is 2. The molecule has 0 radical (unpaired) electrons. The highest BCUT2D eigenvalue weighted by Crippen LogP contribution is 2.24. The lowest BCUT2D eigenvalue weighted by atomic mass is 9.97. The topological polar surface area (TPSA) is 98.1 Å². The first-order valence-electron chi connectivity index (χ1n) is 6.65. The normalized spacial score (nSPS) is 20.3. The van der Waals surface area contributed by atoms with Crippen LogP contribution in [-0.4, -0.2) is 33.9 Å². The van der Waals surface area contributed by atoms with Crippen molar-refractivity contribution in [3.63, 3.8) is 0 Å². The Morgan fingerprint density at radius 2 is 2.35 bits per heavy atom. The maximum atomic E-state index is 11.3. The molecule has 1 unspecified atom stereocenters. The molecule has 20 heavy (non-hydrogen) atoms. The number of aromatic nitrogens is 2. The van der Waals surface area contributed by atoms with Crippen LogP contribution in [0.25, 0.3) is 10.2 Å². The lowest BCUT2D eigenvalue weighted by Gasteiger charge is -2.30. The number of carbonyl (C=O) groups excluding carboxylic acids is 1. The first kappa shape index (κ1) is 13.3. The van der Waals surface area contributed by atoms with Gasteiger partial charge in [0.2, 0.25) is 5.91 Å². The number of amides is 1. The Morgan fingerprint density at radius 3 is 3.15 bits per heavy atom. The lowest BCUT2D eigenvalue weighted by molar-refractivity contribution is -0.123. The van der Waals surface area contributed by atoms with E-state index in [-0.39, 0.29) is 11.8 Å². The van der Waals surface area contributed by atoms with Gasteiger partial charge in [0.1, 0.15) is 16.5 Å². The molecule has 7 heteroatoms. The van der Waals surface area contributed by atoms with Gasteiger partial charge in [-0.2, -0.15) is 0 Å². The van der Waals surface area contributed by atoms with E-state index in [0.29, 0.717) is 24.7 Å². The zero-order valence-electron chi connectivity index (χ0n) is 11.1. The van der Waals surface area contributed by atoms with Gasteiger partial charge in [-0.15, -0.1) is 11.3 Å². The minimum Gasteiger partial charge on any atom is -0.383 e. The van der Waals surface area contributed by atoms with Crippen LogP contribution < -0.4 is 11.5 Å². The monoisotopic (exact) mass is 291 g/mol. The lowest BCUT2D eigenvalue weighted by Crippen LogP contribution is -2.40. The van der Waals surface area contributed by atoms with E-state index >= 15 is 0 Å². The number of carbonyl (C=O) groups is 1. The van der Waals surface area contributed by atoms with Crippen LogP contribution in [0, 0.1) is 5.92 Å². The third kappa shape index (κ3) is 2.59. The van der Waals surface area contributed by atoms with Gasteiger partial charge >= 0.3 is 0 Å². The molecule has 1 fully saturated rings. The summed E-state index contributed by atoms with van der Waals surface area (Å²) >= 11 is 1.56. The van der Waals surface area contributed by atoms with E-state index in [9.17, 15) is 4.79 Å².